The molecule has 0 radical (unpaired) electrons. The number of aliphatic hydroxyl groups is 1. The highest BCUT2D eigenvalue weighted by Gasteiger charge is 2.49. The normalized spacial score (nSPS) is 20.4. The Morgan fingerprint density at radius 2 is 1.13 bits per heavy atom. The summed E-state index contributed by atoms with van der Waals surface area (Å²) in [5.74, 6) is -10.5. The molecule has 5 aromatic rings. The van der Waals surface area contributed by atoms with Crippen molar-refractivity contribution < 1.29 is 80.3 Å². The average Bonchev–Trinajstić information content (AvgIpc) is 3.09. The fourth-order valence-corrected chi connectivity index (χ4v) is 6.75. The van der Waals surface area contributed by atoms with E-state index in [0.717, 1.165) is 42.5 Å². The van der Waals surface area contributed by atoms with Gasteiger partial charge in [-0.25, -0.2) is 4.79 Å². The quantitative estimate of drug-likeness (QED) is 0.0899. The fraction of sp³-hybridized carbons (Fsp3) is 0.162. The van der Waals surface area contributed by atoms with Gasteiger partial charge in [0.05, 0.1) is 17.6 Å². The zero-order valence-corrected chi connectivity index (χ0v) is 26.9. The highest BCUT2D eigenvalue weighted by Crippen LogP contribution is 2.58. The van der Waals surface area contributed by atoms with Crippen LogP contribution in [0.1, 0.15) is 56.3 Å². The van der Waals surface area contributed by atoms with Gasteiger partial charge in [0.1, 0.15) is 40.2 Å². The van der Waals surface area contributed by atoms with Gasteiger partial charge in [-0.3, -0.25) is 0 Å². The third-order valence-electron chi connectivity index (χ3n) is 9.18. The number of phenols is 11. The van der Waals surface area contributed by atoms with E-state index in [1.54, 1.807) is 0 Å². The monoisotopic (exact) mass is 730 g/mol. The molecule has 0 aliphatic carbocycles. The first-order chi connectivity index (χ1) is 25.1. The van der Waals surface area contributed by atoms with Gasteiger partial charge < -0.3 is 75.5 Å². The van der Waals surface area contributed by atoms with Gasteiger partial charge in [-0.05, 0) is 48.5 Å². The first kappa shape index (κ1) is 34.4. The maximum atomic E-state index is 13.8. The van der Waals surface area contributed by atoms with E-state index in [1.165, 1.54) is 24.3 Å². The number of phenolic OH excluding ortho intramolecular Hbond substituents is 11. The lowest BCUT2D eigenvalue weighted by molar-refractivity contribution is -0.0285. The lowest BCUT2D eigenvalue weighted by Gasteiger charge is -2.41. The highest BCUT2D eigenvalue weighted by atomic mass is 16.6. The summed E-state index contributed by atoms with van der Waals surface area (Å²) in [6, 6.07) is 11.9. The number of hydrogen-bond donors (Lipinski definition) is 12. The number of benzene rings is 5. The van der Waals surface area contributed by atoms with Crippen LogP contribution in [0.5, 0.6) is 74.7 Å². The molecule has 53 heavy (non-hydrogen) atoms. The molecule has 2 aliphatic rings. The van der Waals surface area contributed by atoms with E-state index in [4.69, 9.17) is 14.2 Å². The third-order valence-corrected chi connectivity index (χ3v) is 9.18. The van der Waals surface area contributed by atoms with Gasteiger partial charge in [0.15, 0.2) is 52.8 Å². The summed E-state index contributed by atoms with van der Waals surface area (Å²) in [6.45, 7) is 0. The molecule has 12 N–H and O–H groups in total. The second-order valence-electron chi connectivity index (χ2n) is 12.6. The molecule has 0 saturated heterocycles. The van der Waals surface area contributed by atoms with Crippen LogP contribution < -0.4 is 9.47 Å². The van der Waals surface area contributed by atoms with Gasteiger partial charge in [-0.1, -0.05) is 0 Å². The minimum absolute atomic E-state index is 0.0480. The van der Waals surface area contributed by atoms with Crippen LogP contribution >= 0.6 is 0 Å². The molecule has 0 saturated carbocycles. The van der Waals surface area contributed by atoms with Crippen LogP contribution in [0.25, 0.3) is 0 Å². The van der Waals surface area contributed by atoms with E-state index in [2.05, 4.69) is 0 Å². The maximum Gasteiger partial charge on any atom is 0.338 e. The minimum Gasteiger partial charge on any atom is -0.508 e. The SMILES string of the molecule is O=C(O[C@@H]1[C@@H](c2c(O)cc(O)c3c2O[C@H](c2cc(O)c(O)c(O)c2)[C@H](O)C3)c2c(O)cc(O)cc2O[C@@H]1c1cc(O)c(O)c(O)c1)c1ccc(O)cc1. The Morgan fingerprint density at radius 3 is 1.72 bits per heavy atom. The van der Waals surface area contributed by atoms with Crippen LogP contribution in [0.4, 0.5) is 0 Å². The summed E-state index contributed by atoms with van der Waals surface area (Å²) in [5, 5.41) is 127. The zero-order chi connectivity index (χ0) is 38.0. The molecule has 2 heterocycles. The topological polar surface area (TPSA) is 288 Å². The van der Waals surface area contributed by atoms with Gasteiger partial charge in [-0.2, -0.15) is 0 Å². The summed E-state index contributed by atoms with van der Waals surface area (Å²) in [6.07, 6.45) is -6.54. The number of ether oxygens (including phenoxy) is 3. The predicted octanol–water partition coefficient (Wildman–Crippen LogP) is 3.98. The van der Waals surface area contributed by atoms with Crippen LogP contribution in [0.3, 0.4) is 0 Å². The van der Waals surface area contributed by atoms with Gasteiger partial charge in [0.2, 0.25) is 0 Å². The van der Waals surface area contributed by atoms with Crippen molar-refractivity contribution in [3.8, 4) is 74.7 Å². The van der Waals surface area contributed by atoms with Crippen molar-refractivity contribution in [3.63, 3.8) is 0 Å². The molecule has 16 nitrogen and oxygen atoms in total. The number of aromatic hydroxyl groups is 11. The standard InChI is InChI=1S/C37H30O16/c38-16-3-1-13(2-4-16)37(50)53-36-30(28-20(41)9-17(39)10-27(28)51-34(36)15-7-24(45)32(49)25(46)8-15)29-21(42)12-19(40)18-11-26(47)33(52-35(18)29)14-5-22(43)31(48)23(44)6-14/h1-10,12,26,30,33-34,36,38-49H,11H2/t26-,30-,33-,34-,36-/m1/s1. The highest BCUT2D eigenvalue weighted by molar-refractivity contribution is 5.90. The van der Waals surface area contributed by atoms with Crippen molar-refractivity contribution in [2.24, 2.45) is 0 Å². The summed E-state index contributed by atoms with van der Waals surface area (Å²) < 4.78 is 18.4. The second kappa shape index (κ2) is 12.6. The second-order valence-corrected chi connectivity index (χ2v) is 12.6. The van der Waals surface area contributed by atoms with Crippen molar-refractivity contribution in [2.45, 2.75) is 36.8 Å². The van der Waals surface area contributed by atoms with E-state index in [9.17, 15) is 66.1 Å². The molecular formula is C37H30O16. The van der Waals surface area contributed by atoms with Crippen LogP contribution in [0.15, 0.2) is 66.7 Å². The average molecular weight is 731 g/mol. The zero-order valence-electron chi connectivity index (χ0n) is 26.9. The molecule has 274 valence electrons. The molecule has 0 aromatic heterocycles. The molecule has 0 fully saturated rings. The largest absolute Gasteiger partial charge is 0.508 e. The molecule has 0 unspecified atom stereocenters. The Hall–Kier alpha value is -7.07. The fourth-order valence-electron chi connectivity index (χ4n) is 6.75. The molecule has 5 atom stereocenters. The van der Waals surface area contributed by atoms with Crippen molar-refractivity contribution >= 4 is 5.97 Å². The molecule has 0 spiro atoms. The number of hydrogen-bond acceptors (Lipinski definition) is 16. The Morgan fingerprint density at radius 1 is 0.585 bits per heavy atom. The van der Waals surface area contributed by atoms with Gasteiger partial charge in [-0.15, -0.1) is 0 Å². The van der Waals surface area contributed by atoms with E-state index < -0.39 is 93.8 Å². The Kier molecular flexibility index (Phi) is 8.18. The number of esters is 1. The number of aliphatic hydroxyl groups excluding tert-OH is 1. The van der Waals surface area contributed by atoms with Crippen LogP contribution in [-0.2, 0) is 11.2 Å². The molecule has 7 rings (SSSR count). The molecule has 0 bridgehead atoms. The summed E-state index contributed by atoms with van der Waals surface area (Å²) in [7, 11) is 0. The minimum atomic E-state index is -1.71. The maximum absolute atomic E-state index is 13.8. The first-order valence-corrected chi connectivity index (χ1v) is 15.8. The molecule has 2 aliphatic heterocycles. The van der Waals surface area contributed by atoms with Crippen LogP contribution in [0.2, 0.25) is 0 Å². The van der Waals surface area contributed by atoms with Crippen molar-refractivity contribution in [1.82, 2.24) is 0 Å². The van der Waals surface area contributed by atoms with Gasteiger partial charge in [0, 0.05) is 52.4 Å². The molecule has 0 amide bonds. The van der Waals surface area contributed by atoms with E-state index in [1.807, 2.05) is 0 Å². The van der Waals surface area contributed by atoms with E-state index in [-0.39, 0.29) is 57.1 Å². The number of rotatable bonds is 5. The van der Waals surface area contributed by atoms with E-state index in [0.29, 0.717) is 0 Å². The molecule has 16 heteroatoms. The van der Waals surface area contributed by atoms with Crippen LogP contribution in [0, 0.1) is 0 Å². The Bertz CT molecular complexity index is 2240. The Balaban J connectivity index is 1.48. The van der Waals surface area contributed by atoms with E-state index >= 15 is 0 Å². The number of fused-ring (bicyclic) bond motifs is 2. The number of carbonyl (C=O) groups is 1. The molecule has 5 aromatic carbocycles. The van der Waals surface area contributed by atoms with Gasteiger partial charge in [0.25, 0.3) is 0 Å². The number of carbonyl (C=O) groups excluding carboxylic acids is 1. The van der Waals surface area contributed by atoms with Crippen LogP contribution in [-0.4, -0.2) is 79.5 Å². The summed E-state index contributed by atoms with van der Waals surface area (Å²) >= 11 is 0. The Labute approximate surface area is 297 Å². The summed E-state index contributed by atoms with van der Waals surface area (Å²) in [4.78, 5) is 13.8. The smallest absolute Gasteiger partial charge is 0.338 e. The van der Waals surface area contributed by atoms with Gasteiger partial charge >= 0.3 is 5.97 Å². The van der Waals surface area contributed by atoms with Crippen molar-refractivity contribution in [1.29, 1.82) is 0 Å². The lowest BCUT2D eigenvalue weighted by Crippen LogP contribution is -2.39. The lowest BCUT2D eigenvalue weighted by atomic mass is 9.77. The van der Waals surface area contributed by atoms with Crippen molar-refractivity contribution in [2.75, 3.05) is 0 Å². The van der Waals surface area contributed by atoms with Crippen molar-refractivity contribution in [3.05, 3.63) is 100 Å². The predicted molar refractivity (Wildman–Crippen MR) is 178 cm³/mol. The third kappa shape index (κ3) is 5.85. The molecular weight excluding hydrogens is 700 g/mol. The first-order valence-electron chi connectivity index (χ1n) is 15.8. The summed E-state index contributed by atoms with van der Waals surface area (Å²) in [5.41, 5.74) is -0.775.